The number of halogens is 1. The van der Waals surface area contributed by atoms with Crippen molar-refractivity contribution in [3.63, 3.8) is 0 Å². The van der Waals surface area contributed by atoms with Gasteiger partial charge in [0.2, 0.25) is 0 Å². The number of hydrogen-bond donors (Lipinski definition) is 2. The molecule has 1 aliphatic carbocycles. The second kappa shape index (κ2) is 8.31. The lowest BCUT2D eigenvalue weighted by atomic mass is 9.96. The molecule has 2 N–H and O–H groups in total. The predicted octanol–water partition coefficient (Wildman–Crippen LogP) is 3.11. The van der Waals surface area contributed by atoms with Gasteiger partial charge in [-0.3, -0.25) is 10.1 Å². The van der Waals surface area contributed by atoms with Gasteiger partial charge in [0.05, 0.1) is 4.34 Å². The van der Waals surface area contributed by atoms with E-state index in [0.717, 1.165) is 37.0 Å². The molecule has 0 aromatic carbocycles. The Morgan fingerprint density at radius 1 is 1.26 bits per heavy atom. The lowest BCUT2D eigenvalue weighted by Gasteiger charge is -2.23. The number of ether oxygens (including phenoxy) is 1. The molecule has 6 nitrogen and oxygen atoms in total. The standard InChI is InChI=1S/C15H19ClN2O4S/c1-9(22-14(20)11-7-8-12(16)23-11)13(19)18-15(21)17-10-5-3-2-4-6-10/h7-10H,2-6H2,1H3,(H2,17,18,19,21)/t9-/m1/s1. The predicted molar refractivity (Wildman–Crippen MR) is 87.8 cm³/mol. The van der Waals surface area contributed by atoms with Gasteiger partial charge in [0.25, 0.3) is 5.91 Å². The van der Waals surface area contributed by atoms with E-state index in [0.29, 0.717) is 9.21 Å². The smallest absolute Gasteiger partial charge is 0.349 e. The summed E-state index contributed by atoms with van der Waals surface area (Å²) in [6.45, 7) is 1.41. The Kier molecular flexibility index (Phi) is 6.41. The van der Waals surface area contributed by atoms with Gasteiger partial charge in [-0.25, -0.2) is 9.59 Å². The number of carbonyl (C=O) groups is 3. The van der Waals surface area contributed by atoms with Crippen molar-refractivity contribution in [2.45, 2.75) is 51.2 Å². The minimum atomic E-state index is -1.07. The van der Waals surface area contributed by atoms with Crippen LogP contribution in [-0.4, -0.2) is 30.1 Å². The summed E-state index contributed by atoms with van der Waals surface area (Å²) in [5, 5.41) is 4.97. The van der Waals surface area contributed by atoms with Crippen LogP contribution in [0, 0.1) is 0 Å². The lowest BCUT2D eigenvalue weighted by Crippen LogP contribution is -2.48. The molecule has 126 valence electrons. The summed E-state index contributed by atoms with van der Waals surface area (Å²) >= 11 is 6.81. The fourth-order valence-corrected chi connectivity index (χ4v) is 3.30. The molecule has 1 aromatic rings. The minimum Gasteiger partial charge on any atom is -0.448 e. The largest absolute Gasteiger partial charge is 0.448 e. The third-order valence-corrected chi connectivity index (χ3v) is 4.82. The first-order valence-corrected chi connectivity index (χ1v) is 8.73. The Balaban J connectivity index is 1.77. The van der Waals surface area contributed by atoms with Crippen molar-refractivity contribution < 1.29 is 19.1 Å². The van der Waals surface area contributed by atoms with Crippen LogP contribution in [0.5, 0.6) is 0 Å². The van der Waals surface area contributed by atoms with E-state index in [2.05, 4.69) is 10.6 Å². The Labute approximate surface area is 143 Å². The Bertz CT molecular complexity index is 584. The quantitative estimate of drug-likeness (QED) is 0.810. The SMILES string of the molecule is C[C@@H](OC(=O)c1ccc(Cl)s1)C(=O)NC(=O)NC1CCCCC1. The van der Waals surface area contributed by atoms with Crippen LogP contribution in [0.2, 0.25) is 4.34 Å². The maximum atomic E-state index is 11.9. The van der Waals surface area contributed by atoms with Crippen LogP contribution in [0.1, 0.15) is 48.7 Å². The average Bonchev–Trinajstić information content (AvgIpc) is 2.94. The zero-order valence-corrected chi connectivity index (χ0v) is 14.3. The van der Waals surface area contributed by atoms with Gasteiger partial charge in [0.1, 0.15) is 4.88 Å². The van der Waals surface area contributed by atoms with Gasteiger partial charge < -0.3 is 10.1 Å². The Hall–Kier alpha value is -1.60. The summed E-state index contributed by atoms with van der Waals surface area (Å²) in [4.78, 5) is 35.8. The van der Waals surface area contributed by atoms with Crippen molar-refractivity contribution in [2.24, 2.45) is 0 Å². The van der Waals surface area contributed by atoms with Crippen LogP contribution in [0.4, 0.5) is 4.79 Å². The van der Waals surface area contributed by atoms with E-state index in [-0.39, 0.29) is 6.04 Å². The second-order valence-corrected chi connectivity index (χ2v) is 7.16. The first kappa shape index (κ1) is 17.7. The number of hydrogen-bond acceptors (Lipinski definition) is 5. The molecular weight excluding hydrogens is 340 g/mol. The number of amides is 3. The number of carbonyl (C=O) groups excluding carboxylic acids is 3. The molecule has 0 saturated heterocycles. The van der Waals surface area contributed by atoms with Crippen molar-refractivity contribution in [3.05, 3.63) is 21.3 Å². The Morgan fingerprint density at radius 3 is 2.57 bits per heavy atom. The molecule has 0 bridgehead atoms. The van der Waals surface area contributed by atoms with E-state index in [4.69, 9.17) is 16.3 Å². The molecular formula is C15H19ClN2O4S. The number of thiophene rings is 1. The molecule has 0 spiro atoms. The van der Waals surface area contributed by atoms with Gasteiger partial charge in [-0.15, -0.1) is 11.3 Å². The van der Waals surface area contributed by atoms with E-state index in [1.807, 2.05) is 0 Å². The first-order valence-electron chi connectivity index (χ1n) is 7.53. The van der Waals surface area contributed by atoms with Crippen molar-refractivity contribution >= 4 is 40.8 Å². The second-order valence-electron chi connectivity index (χ2n) is 5.45. The molecule has 3 amide bonds. The molecule has 0 aliphatic heterocycles. The van der Waals surface area contributed by atoms with E-state index in [9.17, 15) is 14.4 Å². The van der Waals surface area contributed by atoms with Crippen molar-refractivity contribution in [1.82, 2.24) is 10.6 Å². The molecule has 23 heavy (non-hydrogen) atoms. The van der Waals surface area contributed by atoms with Gasteiger partial charge in [-0.05, 0) is 31.9 Å². The van der Waals surface area contributed by atoms with Crippen LogP contribution >= 0.6 is 22.9 Å². The number of esters is 1. The third kappa shape index (κ3) is 5.51. The maximum absolute atomic E-state index is 11.9. The van der Waals surface area contributed by atoms with Crippen LogP contribution in [0.25, 0.3) is 0 Å². The van der Waals surface area contributed by atoms with E-state index in [1.165, 1.54) is 19.4 Å². The average molecular weight is 359 g/mol. The zero-order chi connectivity index (χ0) is 16.8. The normalized spacial score (nSPS) is 16.4. The van der Waals surface area contributed by atoms with E-state index >= 15 is 0 Å². The highest BCUT2D eigenvalue weighted by molar-refractivity contribution is 7.17. The summed E-state index contributed by atoms with van der Waals surface area (Å²) in [6, 6.07) is 2.65. The van der Waals surface area contributed by atoms with Crippen molar-refractivity contribution in [1.29, 1.82) is 0 Å². The van der Waals surface area contributed by atoms with Crippen LogP contribution in [0.15, 0.2) is 12.1 Å². The van der Waals surface area contributed by atoms with Gasteiger partial charge in [-0.1, -0.05) is 30.9 Å². The molecule has 0 unspecified atom stereocenters. The highest BCUT2D eigenvalue weighted by Crippen LogP contribution is 2.22. The highest BCUT2D eigenvalue weighted by Gasteiger charge is 2.23. The van der Waals surface area contributed by atoms with Crippen LogP contribution < -0.4 is 10.6 Å². The summed E-state index contributed by atoms with van der Waals surface area (Å²) in [6.07, 6.45) is 4.11. The fourth-order valence-electron chi connectivity index (χ4n) is 2.38. The molecule has 1 heterocycles. The molecule has 1 aliphatic rings. The topological polar surface area (TPSA) is 84.5 Å². The first-order chi connectivity index (χ1) is 11.0. The Morgan fingerprint density at radius 2 is 1.96 bits per heavy atom. The third-order valence-electron chi connectivity index (χ3n) is 3.60. The summed E-state index contributed by atoms with van der Waals surface area (Å²) < 4.78 is 5.48. The highest BCUT2D eigenvalue weighted by atomic mass is 35.5. The fraction of sp³-hybridized carbons (Fsp3) is 0.533. The molecule has 1 fully saturated rings. The lowest BCUT2D eigenvalue weighted by molar-refractivity contribution is -0.127. The molecule has 8 heteroatoms. The number of rotatable bonds is 4. The van der Waals surface area contributed by atoms with Crippen molar-refractivity contribution in [2.75, 3.05) is 0 Å². The zero-order valence-electron chi connectivity index (χ0n) is 12.8. The van der Waals surface area contributed by atoms with Gasteiger partial charge >= 0.3 is 12.0 Å². The molecule has 0 radical (unpaired) electrons. The monoisotopic (exact) mass is 358 g/mol. The molecule has 1 saturated carbocycles. The molecule has 1 atom stereocenters. The van der Waals surface area contributed by atoms with Crippen molar-refractivity contribution in [3.8, 4) is 0 Å². The van der Waals surface area contributed by atoms with Crippen LogP contribution in [-0.2, 0) is 9.53 Å². The number of nitrogens with one attached hydrogen (secondary N) is 2. The summed E-state index contributed by atoms with van der Waals surface area (Å²) in [5.74, 6) is -1.30. The van der Waals surface area contributed by atoms with Crippen LogP contribution in [0.3, 0.4) is 0 Å². The van der Waals surface area contributed by atoms with E-state index in [1.54, 1.807) is 6.07 Å². The van der Waals surface area contributed by atoms with Gasteiger partial charge in [-0.2, -0.15) is 0 Å². The minimum absolute atomic E-state index is 0.0997. The summed E-state index contributed by atoms with van der Waals surface area (Å²) in [5.41, 5.74) is 0. The van der Waals surface area contributed by atoms with Gasteiger partial charge in [0.15, 0.2) is 6.10 Å². The summed E-state index contributed by atoms with van der Waals surface area (Å²) in [7, 11) is 0. The van der Waals surface area contributed by atoms with E-state index < -0.39 is 24.0 Å². The van der Waals surface area contributed by atoms with Gasteiger partial charge in [0, 0.05) is 6.04 Å². The molecule has 1 aromatic heterocycles. The maximum Gasteiger partial charge on any atom is 0.349 e. The number of imide groups is 1. The number of urea groups is 1. The molecule has 2 rings (SSSR count).